The Bertz CT molecular complexity index is 625. The van der Waals surface area contributed by atoms with Crippen molar-refractivity contribution in [3.05, 3.63) is 29.8 Å². The average Bonchev–Trinajstić information content (AvgIpc) is 2.66. The van der Waals surface area contributed by atoms with Crippen LogP contribution in [-0.4, -0.2) is 63.7 Å². The van der Waals surface area contributed by atoms with Crippen molar-refractivity contribution in [2.45, 2.75) is 40.2 Å². The van der Waals surface area contributed by atoms with Crippen LogP contribution in [0.4, 0.5) is 5.69 Å². The molecule has 30 heavy (non-hydrogen) atoms. The summed E-state index contributed by atoms with van der Waals surface area (Å²) in [6, 6.07) is 7.86. The Morgan fingerprint density at radius 2 is 2.00 bits per heavy atom. The highest BCUT2D eigenvalue weighted by molar-refractivity contribution is 14.0. The topological polar surface area (TPSA) is 78.0 Å². The summed E-state index contributed by atoms with van der Waals surface area (Å²) < 4.78 is 5.09. The maximum absolute atomic E-state index is 12.0. The lowest BCUT2D eigenvalue weighted by Gasteiger charge is -2.18. The van der Waals surface area contributed by atoms with Crippen molar-refractivity contribution < 1.29 is 9.53 Å². The molecule has 1 amide bonds. The molecule has 0 saturated carbocycles. The second-order valence-electron chi connectivity index (χ2n) is 7.62. The van der Waals surface area contributed by atoms with Gasteiger partial charge in [0.05, 0.1) is 6.54 Å². The zero-order chi connectivity index (χ0) is 21.5. The Balaban J connectivity index is 0.00000841. The molecule has 1 aromatic rings. The quantitative estimate of drug-likeness (QED) is 0.157. The van der Waals surface area contributed by atoms with Crippen LogP contribution in [0.15, 0.2) is 29.3 Å². The Hall–Kier alpha value is -1.39. The largest absolute Gasteiger partial charge is 0.385 e. The summed E-state index contributed by atoms with van der Waals surface area (Å²) in [4.78, 5) is 18.9. The second kappa shape index (κ2) is 17.3. The van der Waals surface area contributed by atoms with Crippen molar-refractivity contribution in [3.63, 3.8) is 0 Å². The lowest BCUT2D eigenvalue weighted by molar-refractivity contribution is -0.116. The average molecular weight is 533 g/mol. The van der Waals surface area contributed by atoms with Crippen LogP contribution >= 0.6 is 24.0 Å². The molecule has 0 bridgehead atoms. The van der Waals surface area contributed by atoms with Gasteiger partial charge in [-0.05, 0) is 44.0 Å². The van der Waals surface area contributed by atoms with E-state index in [-0.39, 0.29) is 29.9 Å². The molecule has 0 saturated heterocycles. The van der Waals surface area contributed by atoms with E-state index in [9.17, 15) is 4.79 Å². The number of anilines is 1. The highest BCUT2D eigenvalue weighted by Crippen LogP contribution is 2.13. The number of nitrogens with one attached hydrogen (secondary N) is 3. The third kappa shape index (κ3) is 13.8. The van der Waals surface area contributed by atoms with Crippen LogP contribution in [0.5, 0.6) is 0 Å². The van der Waals surface area contributed by atoms with E-state index >= 15 is 0 Å². The van der Waals surface area contributed by atoms with Crippen molar-refractivity contribution in [2.24, 2.45) is 10.9 Å². The monoisotopic (exact) mass is 533 g/mol. The normalized spacial score (nSPS) is 11.4. The van der Waals surface area contributed by atoms with Crippen molar-refractivity contribution in [1.29, 1.82) is 0 Å². The number of carbonyl (C=O) groups is 1. The molecular formula is C22H40IN5O2. The van der Waals surface area contributed by atoms with Crippen molar-refractivity contribution in [1.82, 2.24) is 15.5 Å². The van der Waals surface area contributed by atoms with Crippen LogP contribution in [0.3, 0.4) is 0 Å². The van der Waals surface area contributed by atoms with Crippen molar-refractivity contribution >= 4 is 41.5 Å². The molecule has 1 aromatic carbocycles. The maximum atomic E-state index is 12.0. The first-order valence-corrected chi connectivity index (χ1v) is 10.5. The Labute approximate surface area is 199 Å². The van der Waals surface area contributed by atoms with Gasteiger partial charge in [0.25, 0.3) is 0 Å². The maximum Gasteiger partial charge on any atom is 0.224 e. The predicted octanol–water partition coefficient (Wildman–Crippen LogP) is 3.31. The molecule has 0 atom stereocenters. The number of hydrogen-bond donors (Lipinski definition) is 3. The minimum Gasteiger partial charge on any atom is -0.385 e. The molecular weight excluding hydrogens is 493 g/mol. The SMILES string of the molecule is CCNC(=NCc1cccc(NC(=O)CC(C)C)c1)NCCN(C)CCCOC.I. The minimum atomic E-state index is 0. The van der Waals surface area contributed by atoms with Crippen LogP contribution in [0, 0.1) is 5.92 Å². The van der Waals surface area contributed by atoms with Gasteiger partial charge in [0, 0.05) is 52.0 Å². The number of likely N-dealkylation sites (N-methyl/N-ethyl adjacent to an activating group) is 1. The van der Waals surface area contributed by atoms with Gasteiger partial charge in [-0.25, -0.2) is 4.99 Å². The second-order valence-corrected chi connectivity index (χ2v) is 7.62. The van der Waals surface area contributed by atoms with E-state index in [0.717, 1.165) is 56.4 Å². The van der Waals surface area contributed by atoms with Gasteiger partial charge in [0.15, 0.2) is 5.96 Å². The van der Waals surface area contributed by atoms with E-state index in [1.54, 1.807) is 7.11 Å². The van der Waals surface area contributed by atoms with Crippen molar-refractivity contribution in [3.8, 4) is 0 Å². The molecule has 0 spiro atoms. The van der Waals surface area contributed by atoms with Crippen molar-refractivity contribution in [2.75, 3.05) is 52.3 Å². The van der Waals surface area contributed by atoms with E-state index in [0.29, 0.717) is 18.9 Å². The summed E-state index contributed by atoms with van der Waals surface area (Å²) in [6.45, 7) is 11.0. The number of ether oxygens (including phenoxy) is 1. The minimum absolute atomic E-state index is 0. The third-order valence-corrected chi connectivity index (χ3v) is 4.24. The molecule has 1 rings (SSSR count). The molecule has 0 aromatic heterocycles. The van der Waals surface area contributed by atoms with Crippen LogP contribution < -0.4 is 16.0 Å². The summed E-state index contributed by atoms with van der Waals surface area (Å²) in [5.74, 6) is 1.19. The summed E-state index contributed by atoms with van der Waals surface area (Å²) in [5.41, 5.74) is 1.88. The number of halogens is 1. The number of amides is 1. The Morgan fingerprint density at radius 1 is 1.23 bits per heavy atom. The number of benzene rings is 1. The van der Waals surface area contributed by atoms with E-state index in [1.807, 2.05) is 38.1 Å². The van der Waals surface area contributed by atoms with Gasteiger partial charge in [0.1, 0.15) is 0 Å². The molecule has 172 valence electrons. The number of nitrogens with zero attached hydrogens (tertiary/aromatic N) is 2. The fraction of sp³-hybridized carbons (Fsp3) is 0.636. The molecule has 0 heterocycles. The lowest BCUT2D eigenvalue weighted by atomic mass is 10.1. The highest BCUT2D eigenvalue weighted by atomic mass is 127. The molecule has 0 aliphatic rings. The standard InChI is InChI=1S/C22H39N5O2.HI/c1-6-23-22(24-11-13-27(4)12-8-14-29-5)25-17-19-9-7-10-20(16-19)26-21(28)15-18(2)3;/h7,9-10,16,18H,6,8,11-15,17H2,1-5H3,(H,26,28)(H2,23,24,25);1H. The van der Waals surface area contributed by atoms with Gasteiger partial charge in [-0.2, -0.15) is 0 Å². The first kappa shape index (κ1) is 28.6. The fourth-order valence-corrected chi connectivity index (χ4v) is 2.80. The summed E-state index contributed by atoms with van der Waals surface area (Å²) in [5, 5.41) is 9.62. The summed E-state index contributed by atoms with van der Waals surface area (Å²) in [7, 11) is 3.84. The molecule has 0 unspecified atom stereocenters. The number of rotatable bonds is 13. The van der Waals surface area contributed by atoms with Crippen LogP contribution in [0.25, 0.3) is 0 Å². The van der Waals surface area contributed by atoms with Crippen LogP contribution in [0.1, 0.15) is 39.2 Å². The zero-order valence-corrected chi connectivity index (χ0v) is 21.5. The van der Waals surface area contributed by atoms with E-state index in [2.05, 4.69) is 39.8 Å². The van der Waals surface area contributed by atoms with Gasteiger partial charge in [-0.1, -0.05) is 26.0 Å². The lowest BCUT2D eigenvalue weighted by Crippen LogP contribution is -2.41. The zero-order valence-electron chi connectivity index (χ0n) is 19.2. The first-order valence-electron chi connectivity index (χ1n) is 10.5. The molecule has 0 aliphatic carbocycles. The molecule has 0 aliphatic heterocycles. The van der Waals surface area contributed by atoms with E-state index in [4.69, 9.17) is 4.74 Å². The van der Waals surface area contributed by atoms with Gasteiger partial charge >= 0.3 is 0 Å². The molecule has 7 nitrogen and oxygen atoms in total. The molecule has 0 fully saturated rings. The fourth-order valence-electron chi connectivity index (χ4n) is 2.80. The highest BCUT2D eigenvalue weighted by Gasteiger charge is 2.06. The smallest absolute Gasteiger partial charge is 0.224 e. The number of hydrogen-bond acceptors (Lipinski definition) is 4. The number of methoxy groups -OCH3 is 1. The predicted molar refractivity (Wildman–Crippen MR) is 137 cm³/mol. The molecule has 8 heteroatoms. The van der Waals surface area contributed by atoms with Crippen LogP contribution in [-0.2, 0) is 16.1 Å². The number of guanidine groups is 1. The van der Waals surface area contributed by atoms with Gasteiger partial charge in [0.2, 0.25) is 5.91 Å². The first-order chi connectivity index (χ1) is 13.9. The molecule has 3 N–H and O–H groups in total. The third-order valence-electron chi connectivity index (χ3n) is 4.24. The Kier molecular flexibility index (Phi) is 16.5. The van der Waals surface area contributed by atoms with Gasteiger partial charge in [-0.3, -0.25) is 4.79 Å². The van der Waals surface area contributed by atoms with E-state index < -0.39 is 0 Å². The number of carbonyl (C=O) groups excluding carboxylic acids is 1. The summed E-state index contributed by atoms with van der Waals surface area (Å²) in [6.07, 6.45) is 1.56. The summed E-state index contributed by atoms with van der Waals surface area (Å²) >= 11 is 0. The molecule has 0 radical (unpaired) electrons. The van der Waals surface area contributed by atoms with Gasteiger partial charge < -0.3 is 25.6 Å². The van der Waals surface area contributed by atoms with E-state index in [1.165, 1.54) is 0 Å². The number of aliphatic imine (C=N–C) groups is 1. The van der Waals surface area contributed by atoms with Gasteiger partial charge in [-0.15, -0.1) is 24.0 Å². The Morgan fingerprint density at radius 3 is 2.67 bits per heavy atom. The van der Waals surface area contributed by atoms with Crippen LogP contribution in [0.2, 0.25) is 0 Å².